The second-order valence-electron chi connectivity index (χ2n) is 13.4. The van der Waals surface area contributed by atoms with Gasteiger partial charge < -0.3 is 0 Å². The summed E-state index contributed by atoms with van der Waals surface area (Å²) in [5.41, 5.74) is 12.2. The summed E-state index contributed by atoms with van der Waals surface area (Å²) in [5.74, 6) is 1.73. The van der Waals surface area contributed by atoms with E-state index >= 15 is 0 Å². The van der Waals surface area contributed by atoms with E-state index in [1.165, 1.54) is 21.6 Å². The highest BCUT2D eigenvalue weighted by molar-refractivity contribution is 7.99. The van der Waals surface area contributed by atoms with Crippen LogP contribution in [0.3, 0.4) is 0 Å². The highest BCUT2D eigenvalue weighted by Gasteiger charge is 2.50. The van der Waals surface area contributed by atoms with Crippen molar-refractivity contribution in [3.8, 4) is 62.5 Å². The molecule has 0 fully saturated rings. The minimum atomic E-state index is -0.652. The average molecular weight is 706 g/mol. The van der Waals surface area contributed by atoms with Crippen LogP contribution >= 0.6 is 11.8 Å². The van der Waals surface area contributed by atoms with Crippen molar-refractivity contribution in [2.45, 2.75) is 15.2 Å². The molecule has 5 nitrogen and oxygen atoms in total. The van der Waals surface area contributed by atoms with Crippen LogP contribution in [0.4, 0.5) is 5.69 Å². The van der Waals surface area contributed by atoms with Crippen LogP contribution in [-0.4, -0.2) is 15.0 Å². The highest BCUT2D eigenvalue weighted by Crippen LogP contribution is 2.62. The Balaban J connectivity index is 1.20. The van der Waals surface area contributed by atoms with E-state index < -0.39 is 5.41 Å². The number of nitrogens with zero attached hydrogens (tertiary/aromatic N) is 5. The van der Waals surface area contributed by atoms with Crippen LogP contribution in [0.1, 0.15) is 27.8 Å². The number of hydrogen-bond acceptors (Lipinski definition) is 5. The van der Waals surface area contributed by atoms with Crippen LogP contribution in [0.5, 0.6) is 0 Å². The molecule has 1 aromatic heterocycles. The number of aromatic nitrogens is 3. The lowest BCUT2D eigenvalue weighted by molar-refractivity contribution is 0.722. The molecule has 0 saturated carbocycles. The zero-order chi connectivity index (χ0) is 36.2. The molecule has 10 rings (SSSR count). The van der Waals surface area contributed by atoms with Gasteiger partial charge in [-0.1, -0.05) is 139 Å². The van der Waals surface area contributed by atoms with Crippen molar-refractivity contribution in [1.82, 2.24) is 15.0 Å². The number of hydrogen-bond donors (Lipinski definition) is 0. The molecule has 7 aromatic carbocycles. The topological polar surface area (TPSA) is 66.8 Å². The second kappa shape index (κ2) is 12.5. The van der Waals surface area contributed by atoms with E-state index in [9.17, 15) is 5.26 Å². The Labute approximate surface area is 317 Å². The van der Waals surface area contributed by atoms with Gasteiger partial charge in [0.05, 0.1) is 23.6 Å². The van der Waals surface area contributed by atoms with Crippen LogP contribution in [0, 0.1) is 17.9 Å². The van der Waals surface area contributed by atoms with Gasteiger partial charge >= 0.3 is 0 Å². The summed E-state index contributed by atoms with van der Waals surface area (Å²) < 4.78 is 0. The molecule has 0 radical (unpaired) electrons. The molecule has 8 aromatic rings. The van der Waals surface area contributed by atoms with Gasteiger partial charge in [0.1, 0.15) is 0 Å². The van der Waals surface area contributed by atoms with Gasteiger partial charge in [-0.3, -0.25) is 0 Å². The van der Waals surface area contributed by atoms with Crippen LogP contribution < -0.4 is 0 Å². The number of fused-ring (bicyclic) bond motifs is 9. The predicted molar refractivity (Wildman–Crippen MR) is 214 cm³/mol. The van der Waals surface area contributed by atoms with Crippen LogP contribution in [-0.2, 0) is 5.41 Å². The minimum Gasteiger partial charge on any atom is -0.238 e. The molecule has 6 heteroatoms. The lowest BCUT2D eigenvalue weighted by Crippen LogP contribution is -2.32. The fourth-order valence-corrected chi connectivity index (χ4v) is 9.20. The molecule has 1 aliphatic heterocycles. The Morgan fingerprint density at radius 1 is 0.481 bits per heavy atom. The molecule has 1 atom stereocenters. The molecule has 0 amide bonds. The molecule has 54 heavy (non-hydrogen) atoms. The van der Waals surface area contributed by atoms with Gasteiger partial charge in [0.15, 0.2) is 23.2 Å². The smallest absolute Gasteiger partial charge is 0.187 e. The van der Waals surface area contributed by atoms with Crippen molar-refractivity contribution in [3.05, 3.63) is 203 Å². The normalized spacial score (nSPS) is 14.6. The van der Waals surface area contributed by atoms with Gasteiger partial charge in [-0.2, -0.15) is 5.26 Å². The first-order chi connectivity index (χ1) is 26.6. The first kappa shape index (κ1) is 31.6. The molecule has 0 N–H and O–H groups in total. The molecule has 250 valence electrons. The molecular formula is C48H27N5S. The van der Waals surface area contributed by atoms with Crippen LogP contribution in [0.15, 0.2) is 174 Å². The minimum absolute atomic E-state index is 0.570. The third-order valence-corrected chi connectivity index (χ3v) is 11.6. The van der Waals surface area contributed by atoms with Gasteiger partial charge in [-0.15, -0.1) is 0 Å². The zero-order valence-corrected chi connectivity index (χ0v) is 29.5. The SMILES string of the molecule is [C-]#[N+]c1ccc(-c2cccc(-c3nc(-c4ccccc4)nc(-c4ccc5c(c4)C4(c6ccccc6Sc6ccc(C#N)cc64)c4ccccc4-5)n3)c2)cc1. The maximum Gasteiger partial charge on any atom is 0.187 e. The quantitative estimate of drug-likeness (QED) is 0.171. The second-order valence-corrected chi connectivity index (χ2v) is 14.5. The van der Waals surface area contributed by atoms with Gasteiger partial charge in [0, 0.05) is 26.5 Å². The van der Waals surface area contributed by atoms with Crippen molar-refractivity contribution in [1.29, 1.82) is 5.26 Å². The van der Waals surface area contributed by atoms with E-state index in [1.54, 1.807) is 11.8 Å². The molecule has 1 aliphatic carbocycles. The number of benzene rings is 7. The number of nitriles is 1. The van der Waals surface area contributed by atoms with Crippen molar-refractivity contribution in [2.75, 3.05) is 0 Å². The fraction of sp³-hybridized carbons (Fsp3) is 0.0208. The molecule has 2 aliphatic rings. The van der Waals surface area contributed by atoms with Crippen LogP contribution in [0.2, 0.25) is 0 Å². The van der Waals surface area contributed by atoms with E-state index in [0.29, 0.717) is 28.7 Å². The van der Waals surface area contributed by atoms with E-state index in [2.05, 4.69) is 102 Å². The summed E-state index contributed by atoms with van der Waals surface area (Å²) in [7, 11) is 0. The molecule has 0 bridgehead atoms. The highest BCUT2D eigenvalue weighted by atomic mass is 32.2. The summed E-state index contributed by atoms with van der Waals surface area (Å²) >= 11 is 1.76. The van der Waals surface area contributed by atoms with E-state index in [0.717, 1.165) is 49.4 Å². The fourth-order valence-electron chi connectivity index (χ4n) is 8.03. The summed E-state index contributed by atoms with van der Waals surface area (Å²) in [6, 6.07) is 58.2. The van der Waals surface area contributed by atoms with Crippen molar-refractivity contribution >= 4 is 17.4 Å². The molecule has 1 spiro atoms. The zero-order valence-electron chi connectivity index (χ0n) is 28.7. The molecule has 1 unspecified atom stereocenters. The Morgan fingerprint density at radius 3 is 1.87 bits per heavy atom. The van der Waals surface area contributed by atoms with Gasteiger partial charge in [0.2, 0.25) is 0 Å². The summed E-state index contributed by atoms with van der Waals surface area (Å²) in [4.78, 5) is 21.2. The first-order valence-electron chi connectivity index (χ1n) is 17.6. The van der Waals surface area contributed by atoms with Crippen molar-refractivity contribution in [2.24, 2.45) is 0 Å². The summed E-state index contributed by atoms with van der Waals surface area (Å²) in [6.07, 6.45) is 0. The van der Waals surface area contributed by atoms with E-state index in [-0.39, 0.29) is 0 Å². The largest absolute Gasteiger partial charge is 0.238 e. The van der Waals surface area contributed by atoms with Crippen molar-refractivity contribution in [3.63, 3.8) is 0 Å². The lowest BCUT2D eigenvalue weighted by Gasteiger charge is -2.39. The predicted octanol–water partition coefficient (Wildman–Crippen LogP) is 11.8. The standard InChI is InChI=1S/C48H27N5S/c1-50-36-22-19-31(20-23-36)33-12-9-13-34(27-33)46-51-45(32-10-3-2-4-11-32)52-47(53-46)35-21-24-38-37-14-5-6-15-39(37)48(41(38)28-35)40-16-7-8-17-43(40)54-44-25-18-30(29-49)26-42(44)48/h2-28H. The Kier molecular flexibility index (Phi) is 7.33. The molecular weight excluding hydrogens is 679 g/mol. The van der Waals surface area contributed by atoms with Crippen molar-refractivity contribution < 1.29 is 0 Å². The van der Waals surface area contributed by atoms with Gasteiger partial charge in [0.25, 0.3) is 0 Å². The molecule has 2 heterocycles. The Bertz CT molecular complexity index is 2890. The summed E-state index contributed by atoms with van der Waals surface area (Å²) in [5, 5.41) is 10.1. The van der Waals surface area contributed by atoms with E-state index in [4.69, 9.17) is 21.5 Å². The van der Waals surface area contributed by atoms with E-state index in [1.807, 2.05) is 72.8 Å². The molecule has 0 saturated heterocycles. The van der Waals surface area contributed by atoms with Crippen LogP contribution in [0.25, 0.3) is 61.3 Å². The summed E-state index contributed by atoms with van der Waals surface area (Å²) in [6.45, 7) is 7.35. The number of rotatable bonds is 4. The Morgan fingerprint density at radius 2 is 1.09 bits per heavy atom. The van der Waals surface area contributed by atoms with Gasteiger partial charge in [-0.05, 0) is 80.9 Å². The Hall–Kier alpha value is -7.12. The average Bonchev–Trinajstić information content (AvgIpc) is 3.54. The lowest BCUT2D eigenvalue weighted by atomic mass is 9.67. The third kappa shape index (κ3) is 4.89. The maximum absolute atomic E-state index is 10.1. The first-order valence-corrected chi connectivity index (χ1v) is 18.4. The third-order valence-electron chi connectivity index (χ3n) is 10.4. The maximum atomic E-state index is 10.1. The van der Waals surface area contributed by atoms with Gasteiger partial charge in [-0.25, -0.2) is 19.8 Å². The monoisotopic (exact) mass is 705 g/mol.